The van der Waals surface area contributed by atoms with Gasteiger partial charge in [-0.25, -0.2) is 0 Å². The first-order valence-corrected chi connectivity index (χ1v) is 10.4. The van der Waals surface area contributed by atoms with E-state index in [1.165, 1.54) is 18.2 Å². The van der Waals surface area contributed by atoms with Crippen LogP contribution in [-0.2, 0) is 15.7 Å². The molecule has 0 bridgehead atoms. The summed E-state index contributed by atoms with van der Waals surface area (Å²) in [4.78, 5) is 12.0. The molecular formula is C23H27F3O5. The van der Waals surface area contributed by atoms with Gasteiger partial charge in [-0.3, -0.25) is 4.79 Å². The lowest BCUT2D eigenvalue weighted by atomic mass is 9.89. The summed E-state index contributed by atoms with van der Waals surface area (Å²) in [6, 6.07) is 4.45. The number of alkyl halides is 3. The van der Waals surface area contributed by atoms with Gasteiger partial charge in [0, 0.05) is 24.7 Å². The van der Waals surface area contributed by atoms with Gasteiger partial charge in [0.2, 0.25) is 0 Å². The van der Waals surface area contributed by atoms with Crippen molar-refractivity contribution in [2.75, 3.05) is 6.61 Å². The molecule has 1 aliphatic carbocycles. The van der Waals surface area contributed by atoms with Crippen molar-refractivity contribution < 1.29 is 37.7 Å². The minimum absolute atomic E-state index is 0.00706. The molecule has 0 spiro atoms. The molecule has 0 amide bonds. The van der Waals surface area contributed by atoms with E-state index in [4.69, 9.17) is 9.47 Å². The average molecular weight is 440 g/mol. The average Bonchev–Trinajstić information content (AvgIpc) is 3.01. The van der Waals surface area contributed by atoms with Crippen molar-refractivity contribution in [2.24, 2.45) is 11.8 Å². The van der Waals surface area contributed by atoms with Crippen molar-refractivity contribution in [2.45, 2.75) is 56.6 Å². The van der Waals surface area contributed by atoms with Gasteiger partial charge in [0.15, 0.2) is 0 Å². The fourth-order valence-corrected chi connectivity index (χ4v) is 4.04. The number of carbonyl (C=O) groups is 1. The summed E-state index contributed by atoms with van der Waals surface area (Å²) >= 11 is 0. The van der Waals surface area contributed by atoms with E-state index in [0.29, 0.717) is 19.3 Å². The highest BCUT2D eigenvalue weighted by Crippen LogP contribution is 2.39. The van der Waals surface area contributed by atoms with Crippen LogP contribution in [-0.4, -0.2) is 41.1 Å². The molecule has 8 heteroatoms. The molecule has 2 N–H and O–H groups in total. The van der Waals surface area contributed by atoms with Gasteiger partial charge >= 0.3 is 12.1 Å². The van der Waals surface area contributed by atoms with Gasteiger partial charge in [0.1, 0.15) is 24.6 Å². The molecule has 170 valence electrons. The fraction of sp³-hybridized carbons (Fsp3) is 0.522. The molecule has 0 aromatic heterocycles. The predicted octanol–water partition coefficient (Wildman–Crippen LogP) is 4.04. The van der Waals surface area contributed by atoms with Crippen LogP contribution in [0.25, 0.3) is 0 Å². The van der Waals surface area contributed by atoms with Crippen LogP contribution in [0, 0.1) is 11.8 Å². The van der Waals surface area contributed by atoms with Crippen LogP contribution < -0.4 is 4.74 Å². The van der Waals surface area contributed by atoms with Crippen LogP contribution >= 0.6 is 0 Å². The van der Waals surface area contributed by atoms with E-state index >= 15 is 0 Å². The van der Waals surface area contributed by atoms with Gasteiger partial charge < -0.3 is 19.7 Å². The zero-order valence-corrected chi connectivity index (χ0v) is 17.0. The van der Waals surface area contributed by atoms with Gasteiger partial charge in [-0.1, -0.05) is 30.4 Å². The van der Waals surface area contributed by atoms with Crippen molar-refractivity contribution in [3.05, 3.63) is 54.1 Å². The summed E-state index contributed by atoms with van der Waals surface area (Å²) in [7, 11) is 0. The summed E-state index contributed by atoms with van der Waals surface area (Å²) in [5.41, 5.74) is -0.825. The normalized spacial score (nSPS) is 29.3. The number of hydrogen-bond acceptors (Lipinski definition) is 5. The maximum absolute atomic E-state index is 12.8. The van der Waals surface area contributed by atoms with Crippen LogP contribution in [0.4, 0.5) is 13.2 Å². The lowest BCUT2D eigenvalue weighted by molar-refractivity contribution is -0.151. The van der Waals surface area contributed by atoms with Crippen molar-refractivity contribution in [3.8, 4) is 5.75 Å². The molecule has 3 rings (SSSR count). The molecule has 2 aliphatic rings. The van der Waals surface area contributed by atoms with E-state index in [1.54, 1.807) is 6.08 Å². The highest BCUT2D eigenvalue weighted by Gasteiger charge is 2.42. The molecule has 0 unspecified atom stereocenters. The molecule has 1 aromatic carbocycles. The number of benzene rings is 1. The second-order valence-corrected chi connectivity index (χ2v) is 7.96. The number of esters is 1. The number of fused-ring (bicyclic) bond motifs is 1. The molecule has 1 saturated carbocycles. The monoisotopic (exact) mass is 440 g/mol. The largest absolute Gasteiger partial charge is 0.491 e. The summed E-state index contributed by atoms with van der Waals surface area (Å²) in [6.07, 6.45) is 3.39. The highest BCUT2D eigenvalue weighted by molar-refractivity contribution is 5.69. The van der Waals surface area contributed by atoms with Gasteiger partial charge in [-0.15, -0.1) is 0 Å². The van der Waals surface area contributed by atoms with Gasteiger partial charge in [-0.05, 0) is 37.5 Å². The van der Waals surface area contributed by atoms with Crippen molar-refractivity contribution in [1.29, 1.82) is 0 Å². The Morgan fingerprint density at radius 1 is 1.29 bits per heavy atom. The second kappa shape index (κ2) is 10.3. The molecule has 1 aliphatic heterocycles. The standard InChI is InChI=1S/C23H27F3O5/c24-23(25,26)15-6-5-7-17(12-15)30-14-16(27)10-11-18-19-8-3-1-2-4-9-22(29)31-21(19)13-20(18)28/h1,3,5-7,10-12,16,18-21,27-28H,2,4,8-9,13-14H2/b3-1-,11-10+/t16-,18-,19-,20-,21+/m1/s1. The number of halogens is 3. The summed E-state index contributed by atoms with van der Waals surface area (Å²) in [5.74, 6) is -0.685. The topological polar surface area (TPSA) is 76.0 Å². The molecule has 5 atom stereocenters. The van der Waals surface area contributed by atoms with Gasteiger partial charge in [0.05, 0.1) is 11.7 Å². The van der Waals surface area contributed by atoms with E-state index < -0.39 is 30.1 Å². The lowest BCUT2D eigenvalue weighted by Gasteiger charge is -2.23. The Kier molecular flexibility index (Phi) is 7.78. The fourth-order valence-electron chi connectivity index (χ4n) is 4.04. The third kappa shape index (κ3) is 6.58. The van der Waals surface area contributed by atoms with Crippen LogP contribution in [0.5, 0.6) is 5.75 Å². The van der Waals surface area contributed by atoms with Crippen LogP contribution in [0.2, 0.25) is 0 Å². The van der Waals surface area contributed by atoms with Crippen molar-refractivity contribution >= 4 is 5.97 Å². The number of rotatable bonds is 5. The van der Waals surface area contributed by atoms with E-state index in [9.17, 15) is 28.2 Å². The second-order valence-electron chi connectivity index (χ2n) is 7.96. The molecule has 1 heterocycles. The SMILES string of the molecule is O=C1CCC/C=C\C[C@@H]2[C@@H](/C=C/[C@@H](O)COc3cccc(C(F)(F)F)c3)[C@H](O)C[C@@H]2O1. The van der Waals surface area contributed by atoms with Crippen molar-refractivity contribution in [1.82, 2.24) is 0 Å². The zero-order chi connectivity index (χ0) is 22.4. The quantitative estimate of drug-likeness (QED) is 0.534. The number of carbonyl (C=O) groups excluding carboxylic acids is 1. The Labute approximate surface area is 179 Å². The van der Waals surface area contributed by atoms with Crippen LogP contribution in [0.15, 0.2) is 48.6 Å². The molecule has 1 fully saturated rings. The Bertz CT molecular complexity index is 805. The number of aliphatic hydroxyl groups excluding tert-OH is 2. The maximum atomic E-state index is 12.8. The highest BCUT2D eigenvalue weighted by atomic mass is 19.4. The molecule has 5 nitrogen and oxygen atoms in total. The Hall–Kier alpha value is -2.32. The number of hydrogen-bond donors (Lipinski definition) is 2. The van der Waals surface area contributed by atoms with Gasteiger partial charge in [-0.2, -0.15) is 13.2 Å². The minimum atomic E-state index is -4.47. The molecule has 1 aromatic rings. The Morgan fingerprint density at radius 2 is 2.10 bits per heavy atom. The molecule has 0 saturated heterocycles. The van der Waals surface area contributed by atoms with E-state index in [2.05, 4.69) is 0 Å². The molecular weight excluding hydrogens is 413 g/mol. The lowest BCUT2D eigenvalue weighted by Crippen LogP contribution is -2.25. The summed E-state index contributed by atoms with van der Waals surface area (Å²) in [5, 5.41) is 20.7. The Morgan fingerprint density at radius 3 is 2.87 bits per heavy atom. The first-order chi connectivity index (χ1) is 14.7. The van der Waals surface area contributed by atoms with E-state index in [0.717, 1.165) is 25.0 Å². The van der Waals surface area contributed by atoms with E-state index in [-0.39, 0.29) is 30.2 Å². The molecule has 0 radical (unpaired) electrons. The number of ether oxygens (including phenoxy) is 2. The van der Waals surface area contributed by atoms with E-state index in [1.807, 2.05) is 12.2 Å². The zero-order valence-electron chi connectivity index (χ0n) is 17.0. The van der Waals surface area contributed by atoms with Crippen molar-refractivity contribution in [3.63, 3.8) is 0 Å². The third-order valence-corrected chi connectivity index (χ3v) is 5.64. The summed E-state index contributed by atoms with van der Waals surface area (Å²) < 4.78 is 49.2. The first kappa shape index (κ1) is 23.3. The summed E-state index contributed by atoms with van der Waals surface area (Å²) in [6.45, 7) is -0.233. The third-order valence-electron chi connectivity index (χ3n) is 5.64. The van der Waals surface area contributed by atoms with Crippen LogP contribution in [0.1, 0.15) is 37.7 Å². The molecule has 31 heavy (non-hydrogen) atoms. The van der Waals surface area contributed by atoms with Gasteiger partial charge in [0.25, 0.3) is 0 Å². The smallest absolute Gasteiger partial charge is 0.416 e. The Balaban J connectivity index is 1.60. The predicted molar refractivity (Wildman–Crippen MR) is 107 cm³/mol. The maximum Gasteiger partial charge on any atom is 0.416 e. The first-order valence-electron chi connectivity index (χ1n) is 10.4. The number of allylic oxidation sites excluding steroid dienone is 2. The number of aliphatic hydroxyl groups is 2. The minimum Gasteiger partial charge on any atom is -0.491 e. The van der Waals surface area contributed by atoms with Crippen LogP contribution in [0.3, 0.4) is 0 Å².